The van der Waals surface area contributed by atoms with E-state index in [4.69, 9.17) is 0 Å². The summed E-state index contributed by atoms with van der Waals surface area (Å²) >= 11 is 1.63. The number of rotatable bonds is 0. The van der Waals surface area contributed by atoms with Gasteiger partial charge in [0.2, 0.25) is 0 Å². The molecule has 0 saturated carbocycles. The Kier molecular flexibility index (Phi) is 1.17. The van der Waals surface area contributed by atoms with Crippen molar-refractivity contribution in [2.45, 2.75) is 6.92 Å². The van der Waals surface area contributed by atoms with Crippen LogP contribution in [0.2, 0.25) is 0 Å². The number of aromatic nitrogens is 2. The van der Waals surface area contributed by atoms with E-state index in [-0.39, 0.29) is 0 Å². The van der Waals surface area contributed by atoms with E-state index in [0.717, 1.165) is 10.2 Å². The van der Waals surface area contributed by atoms with Crippen LogP contribution in [0.5, 0.6) is 0 Å². The molecular formula is C7H5N2S. The SMILES string of the molecule is Cc1csc2ncn[c]c12. The molecule has 0 atom stereocenters. The van der Waals surface area contributed by atoms with Gasteiger partial charge in [0.25, 0.3) is 0 Å². The van der Waals surface area contributed by atoms with Crippen molar-refractivity contribution in [3.05, 3.63) is 23.5 Å². The number of hydrogen-bond acceptors (Lipinski definition) is 3. The Hall–Kier alpha value is -0.960. The molecular weight excluding hydrogens is 144 g/mol. The Morgan fingerprint density at radius 3 is 3.30 bits per heavy atom. The molecule has 2 aromatic rings. The third-order valence-corrected chi connectivity index (χ3v) is 2.37. The zero-order valence-corrected chi connectivity index (χ0v) is 6.27. The molecule has 0 spiro atoms. The predicted molar refractivity (Wildman–Crippen MR) is 41.0 cm³/mol. The second kappa shape index (κ2) is 2.02. The lowest BCUT2D eigenvalue weighted by Gasteiger charge is -1.84. The standard InChI is InChI=1S/C7H5N2S/c1-5-3-10-7-6(5)2-8-4-9-7/h3-4H,1H3. The molecule has 0 aliphatic carbocycles. The van der Waals surface area contributed by atoms with Gasteiger partial charge in [-0.2, -0.15) is 0 Å². The number of aryl methyl sites for hydroxylation is 1. The van der Waals surface area contributed by atoms with Gasteiger partial charge in [0, 0.05) is 5.39 Å². The minimum atomic E-state index is 1.02. The molecule has 0 aliphatic heterocycles. The molecule has 0 saturated heterocycles. The van der Waals surface area contributed by atoms with Gasteiger partial charge in [-0.1, -0.05) is 0 Å². The summed E-state index contributed by atoms with van der Waals surface area (Å²) in [6.07, 6.45) is 4.42. The summed E-state index contributed by atoms with van der Waals surface area (Å²) in [5, 5.41) is 3.11. The summed E-state index contributed by atoms with van der Waals surface area (Å²) < 4.78 is 0. The first-order chi connectivity index (χ1) is 4.88. The van der Waals surface area contributed by atoms with E-state index >= 15 is 0 Å². The number of nitrogens with zero attached hydrogens (tertiary/aromatic N) is 2. The average molecular weight is 149 g/mol. The molecule has 10 heavy (non-hydrogen) atoms. The van der Waals surface area contributed by atoms with Crippen molar-refractivity contribution < 1.29 is 0 Å². The Labute approximate surface area is 62.6 Å². The lowest BCUT2D eigenvalue weighted by Crippen LogP contribution is -1.75. The Morgan fingerprint density at radius 2 is 2.50 bits per heavy atom. The van der Waals surface area contributed by atoms with E-state index < -0.39 is 0 Å². The minimum Gasteiger partial charge on any atom is -0.234 e. The molecule has 2 rings (SSSR count). The van der Waals surface area contributed by atoms with Crippen molar-refractivity contribution in [3.8, 4) is 0 Å². The van der Waals surface area contributed by atoms with Crippen molar-refractivity contribution in [3.63, 3.8) is 0 Å². The van der Waals surface area contributed by atoms with Gasteiger partial charge < -0.3 is 0 Å². The zero-order chi connectivity index (χ0) is 6.97. The van der Waals surface area contributed by atoms with Gasteiger partial charge >= 0.3 is 0 Å². The van der Waals surface area contributed by atoms with E-state index in [1.54, 1.807) is 11.3 Å². The fraction of sp³-hybridized carbons (Fsp3) is 0.143. The Morgan fingerprint density at radius 1 is 1.60 bits per heavy atom. The summed E-state index contributed by atoms with van der Waals surface area (Å²) in [6, 6.07) is 0. The largest absolute Gasteiger partial charge is 0.234 e. The van der Waals surface area contributed by atoms with E-state index in [1.165, 1.54) is 11.9 Å². The summed E-state index contributed by atoms with van der Waals surface area (Å²) in [4.78, 5) is 8.92. The summed E-state index contributed by atoms with van der Waals surface area (Å²) in [5.74, 6) is 0. The molecule has 0 aliphatic rings. The first kappa shape index (κ1) is 5.80. The Bertz CT molecular complexity index is 353. The molecule has 1 radical (unpaired) electrons. The highest BCUT2D eigenvalue weighted by atomic mass is 32.1. The maximum absolute atomic E-state index is 4.08. The molecule has 0 amide bonds. The highest BCUT2D eigenvalue weighted by Gasteiger charge is 1.98. The van der Waals surface area contributed by atoms with E-state index in [0.29, 0.717) is 0 Å². The van der Waals surface area contributed by atoms with Crippen LogP contribution in [0.4, 0.5) is 0 Å². The van der Waals surface area contributed by atoms with Crippen LogP contribution in [-0.2, 0) is 0 Å². The molecule has 2 nitrogen and oxygen atoms in total. The topological polar surface area (TPSA) is 25.8 Å². The van der Waals surface area contributed by atoms with Crippen LogP contribution < -0.4 is 0 Å². The highest BCUT2D eigenvalue weighted by Crippen LogP contribution is 2.20. The summed E-state index contributed by atoms with van der Waals surface area (Å²) in [6.45, 7) is 2.04. The molecule has 0 unspecified atom stereocenters. The minimum absolute atomic E-state index is 1.02. The van der Waals surface area contributed by atoms with Crippen molar-refractivity contribution in [2.75, 3.05) is 0 Å². The Balaban J connectivity index is 2.93. The molecule has 0 N–H and O–H groups in total. The fourth-order valence-electron chi connectivity index (χ4n) is 0.836. The van der Waals surface area contributed by atoms with Gasteiger partial charge in [-0.3, -0.25) is 0 Å². The van der Waals surface area contributed by atoms with Crippen LogP contribution in [-0.4, -0.2) is 9.97 Å². The van der Waals surface area contributed by atoms with Gasteiger partial charge in [0.15, 0.2) is 0 Å². The molecule has 2 heterocycles. The first-order valence-electron chi connectivity index (χ1n) is 2.94. The third kappa shape index (κ3) is 0.708. The van der Waals surface area contributed by atoms with E-state index in [1.807, 2.05) is 6.92 Å². The smallest absolute Gasteiger partial charge is 0.127 e. The maximum Gasteiger partial charge on any atom is 0.127 e. The van der Waals surface area contributed by atoms with Crippen molar-refractivity contribution in [1.29, 1.82) is 0 Å². The second-order valence-electron chi connectivity index (χ2n) is 2.08. The average Bonchev–Trinajstić information content (AvgIpc) is 2.34. The quantitative estimate of drug-likeness (QED) is 0.570. The highest BCUT2D eigenvalue weighted by molar-refractivity contribution is 7.16. The third-order valence-electron chi connectivity index (χ3n) is 1.36. The van der Waals surface area contributed by atoms with Crippen molar-refractivity contribution in [2.24, 2.45) is 0 Å². The number of hydrogen-bond donors (Lipinski definition) is 0. The summed E-state index contributed by atoms with van der Waals surface area (Å²) in [7, 11) is 0. The van der Waals surface area contributed by atoms with Crippen molar-refractivity contribution >= 4 is 21.6 Å². The second-order valence-corrected chi connectivity index (χ2v) is 2.94. The van der Waals surface area contributed by atoms with Crippen LogP contribution >= 0.6 is 11.3 Å². The van der Waals surface area contributed by atoms with E-state index in [9.17, 15) is 0 Å². The van der Waals surface area contributed by atoms with Crippen LogP contribution in [0.25, 0.3) is 10.2 Å². The van der Waals surface area contributed by atoms with Gasteiger partial charge in [-0.25, -0.2) is 9.97 Å². The first-order valence-corrected chi connectivity index (χ1v) is 3.82. The number of fused-ring (bicyclic) bond motifs is 1. The predicted octanol–water partition coefficient (Wildman–Crippen LogP) is 1.80. The van der Waals surface area contributed by atoms with Gasteiger partial charge in [-0.15, -0.1) is 11.3 Å². The molecule has 0 bridgehead atoms. The van der Waals surface area contributed by atoms with Gasteiger partial charge in [-0.05, 0) is 17.9 Å². The van der Waals surface area contributed by atoms with Crippen LogP contribution in [0, 0.1) is 13.1 Å². The lowest BCUT2D eigenvalue weighted by molar-refractivity contribution is 1.22. The van der Waals surface area contributed by atoms with Gasteiger partial charge in [0.1, 0.15) is 17.4 Å². The van der Waals surface area contributed by atoms with Crippen LogP contribution in [0.3, 0.4) is 0 Å². The molecule has 0 aromatic carbocycles. The van der Waals surface area contributed by atoms with Crippen molar-refractivity contribution in [1.82, 2.24) is 9.97 Å². The normalized spacial score (nSPS) is 10.5. The summed E-state index contributed by atoms with van der Waals surface area (Å²) in [5.41, 5.74) is 1.21. The van der Waals surface area contributed by atoms with Gasteiger partial charge in [0.05, 0.1) is 0 Å². The molecule has 3 heteroatoms. The number of thiophene rings is 1. The van der Waals surface area contributed by atoms with E-state index in [2.05, 4.69) is 21.5 Å². The lowest BCUT2D eigenvalue weighted by atomic mass is 10.3. The monoisotopic (exact) mass is 149 g/mol. The van der Waals surface area contributed by atoms with Crippen LogP contribution in [0.15, 0.2) is 11.7 Å². The molecule has 0 fully saturated rings. The molecule has 49 valence electrons. The molecule has 2 aromatic heterocycles. The van der Waals surface area contributed by atoms with Crippen LogP contribution in [0.1, 0.15) is 5.56 Å². The fourth-order valence-corrected chi connectivity index (χ4v) is 1.68. The zero-order valence-electron chi connectivity index (χ0n) is 5.46. The maximum atomic E-state index is 4.08.